The number of benzene rings is 3. The Morgan fingerprint density at radius 2 is 1.70 bits per heavy atom. The van der Waals surface area contributed by atoms with Crippen LogP contribution in [-0.2, 0) is 4.74 Å². The summed E-state index contributed by atoms with van der Waals surface area (Å²) in [5.41, 5.74) is 5.83. The smallest absolute Gasteiger partial charge is 0.300 e. The van der Waals surface area contributed by atoms with Crippen LogP contribution in [-0.4, -0.2) is 56.1 Å². The van der Waals surface area contributed by atoms with Gasteiger partial charge in [-0.05, 0) is 66.9 Å². The van der Waals surface area contributed by atoms with Crippen molar-refractivity contribution >= 4 is 17.5 Å². The number of aromatic amines is 1. The maximum Gasteiger partial charge on any atom is 0.300 e. The quantitative estimate of drug-likeness (QED) is 0.231. The zero-order chi connectivity index (χ0) is 29.0. The maximum absolute atomic E-state index is 13.4. The van der Waals surface area contributed by atoms with Crippen LogP contribution in [0.3, 0.4) is 0 Å². The standard InChI is InChI=1S/C31H34N4O5/c1-19-9-7-10-20(2)27(19)25-18-22(13-14-26(25)40-6)29-32-21(3)28(35(29)38)30(36)33-24-12-8-11-23(17-24)31(37)34(4)15-16-39-5/h7-14,17-18,32H,15-16H2,1-6H3,(H,33,36). The largest absolute Gasteiger partial charge is 0.710 e. The van der Waals surface area contributed by atoms with Crippen molar-refractivity contribution < 1.29 is 23.8 Å². The molecule has 4 aromatic rings. The van der Waals surface area contributed by atoms with E-state index in [1.165, 1.54) is 0 Å². The summed E-state index contributed by atoms with van der Waals surface area (Å²) < 4.78 is 11.3. The highest BCUT2D eigenvalue weighted by Gasteiger charge is 2.26. The molecule has 0 fully saturated rings. The number of H-pyrrole nitrogens is 1. The van der Waals surface area contributed by atoms with E-state index in [0.29, 0.717) is 46.1 Å². The van der Waals surface area contributed by atoms with Crippen molar-refractivity contribution in [1.29, 1.82) is 0 Å². The minimum atomic E-state index is -0.587. The summed E-state index contributed by atoms with van der Waals surface area (Å²) >= 11 is 0. The van der Waals surface area contributed by atoms with Gasteiger partial charge in [0.1, 0.15) is 5.75 Å². The summed E-state index contributed by atoms with van der Waals surface area (Å²) in [5.74, 6) is 0.130. The first-order chi connectivity index (χ1) is 19.2. The molecule has 1 heterocycles. The molecule has 0 aliphatic heterocycles. The summed E-state index contributed by atoms with van der Waals surface area (Å²) in [6, 6.07) is 18.2. The molecular formula is C31H34N4O5. The van der Waals surface area contributed by atoms with Gasteiger partial charge >= 0.3 is 0 Å². The van der Waals surface area contributed by atoms with Crippen LogP contribution < -0.4 is 14.8 Å². The predicted molar refractivity (Wildman–Crippen MR) is 155 cm³/mol. The van der Waals surface area contributed by atoms with Crippen molar-refractivity contribution in [2.45, 2.75) is 20.8 Å². The van der Waals surface area contributed by atoms with Gasteiger partial charge in [0.2, 0.25) is 5.69 Å². The van der Waals surface area contributed by atoms with Gasteiger partial charge in [0.25, 0.3) is 17.6 Å². The van der Waals surface area contributed by atoms with E-state index in [0.717, 1.165) is 22.3 Å². The highest BCUT2D eigenvalue weighted by molar-refractivity contribution is 6.04. The molecule has 0 spiro atoms. The fraction of sp³-hybridized carbons (Fsp3) is 0.258. The molecule has 0 unspecified atom stereocenters. The van der Waals surface area contributed by atoms with Crippen LogP contribution >= 0.6 is 0 Å². The van der Waals surface area contributed by atoms with Gasteiger partial charge in [-0.3, -0.25) is 9.59 Å². The van der Waals surface area contributed by atoms with Crippen molar-refractivity contribution in [2.75, 3.05) is 39.7 Å². The lowest BCUT2D eigenvalue weighted by Gasteiger charge is -2.17. The van der Waals surface area contributed by atoms with Gasteiger partial charge in [-0.15, -0.1) is 0 Å². The number of imidazole rings is 1. The second-order valence-electron chi connectivity index (χ2n) is 9.68. The third kappa shape index (κ3) is 5.69. The fourth-order valence-corrected chi connectivity index (χ4v) is 4.76. The molecule has 208 valence electrons. The van der Waals surface area contributed by atoms with Crippen molar-refractivity contribution in [1.82, 2.24) is 9.88 Å². The van der Waals surface area contributed by atoms with Gasteiger partial charge in [-0.25, -0.2) is 9.71 Å². The maximum atomic E-state index is 13.4. The molecular weight excluding hydrogens is 508 g/mol. The fourth-order valence-electron chi connectivity index (χ4n) is 4.76. The number of aromatic nitrogens is 2. The number of nitrogens with one attached hydrogen (secondary N) is 2. The SMILES string of the molecule is COCCN(C)C(=O)c1cccc(NC(=O)c2c(C)[nH]c(-c3ccc(OC)c(-c4c(C)cccc4C)c3)[n+]2[O-])c1. The first-order valence-corrected chi connectivity index (χ1v) is 12.9. The number of aryl methyl sites for hydroxylation is 3. The monoisotopic (exact) mass is 542 g/mol. The van der Waals surface area contributed by atoms with Gasteiger partial charge in [0, 0.05) is 44.4 Å². The summed E-state index contributed by atoms with van der Waals surface area (Å²) in [4.78, 5) is 30.6. The third-order valence-electron chi connectivity index (χ3n) is 6.85. The molecule has 0 bridgehead atoms. The van der Waals surface area contributed by atoms with E-state index < -0.39 is 5.91 Å². The number of anilines is 1. The Morgan fingerprint density at radius 3 is 2.38 bits per heavy atom. The van der Waals surface area contributed by atoms with Crippen molar-refractivity contribution in [3.8, 4) is 28.3 Å². The summed E-state index contributed by atoms with van der Waals surface area (Å²) in [5, 5.41) is 16.2. The number of carbonyl (C=O) groups is 2. The second-order valence-corrected chi connectivity index (χ2v) is 9.68. The zero-order valence-electron chi connectivity index (χ0n) is 23.6. The van der Waals surface area contributed by atoms with Gasteiger partial charge in [-0.1, -0.05) is 24.3 Å². The Bertz CT molecular complexity index is 1540. The third-order valence-corrected chi connectivity index (χ3v) is 6.85. The molecule has 0 aliphatic carbocycles. The minimum Gasteiger partial charge on any atom is -0.710 e. The Labute approximate surface area is 233 Å². The molecule has 0 saturated heterocycles. The molecule has 0 atom stereocenters. The van der Waals surface area contributed by atoms with Crippen LogP contribution in [0, 0.1) is 26.0 Å². The van der Waals surface area contributed by atoms with E-state index in [9.17, 15) is 14.8 Å². The molecule has 2 amide bonds. The number of nitrogens with zero attached hydrogens (tertiary/aromatic N) is 2. The molecule has 1 aromatic heterocycles. The Morgan fingerprint density at radius 1 is 1.00 bits per heavy atom. The number of methoxy groups -OCH3 is 2. The van der Waals surface area contributed by atoms with Crippen LogP contribution in [0.2, 0.25) is 0 Å². The molecule has 0 radical (unpaired) electrons. The van der Waals surface area contributed by atoms with Crippen LogP contribution in [0.4, 0.5) is 5.69 Å². The lowest BCUT2D eigenvalue weighted by atomic mass is 9.93. The summed E-state index contributed by atoms with van der Waals surface area (Å²) in [7, 11) is 4.87. The highest BCUT2D eigenvalue weighted by Crippen LogP contribution is 2.37. The zero-order valence-corrected chi connectivity index (χ0v) is 23.6. The minimum absolute atomic E-state index is 0.0617. The Kier molecular flexibility index (Phi) is 8.55. The van der Waals surface area contributed by atoms with E-state index in [1.54, 1.807) is 63.4 Å². The lowest BCUT2D eigenvalue weighted by Crippen LogP contribution is -2.36. The number of ether oxygens (including phenoxy) is 2. The van der Waals surface area contributed by atoms with Crippen molar-refractivity contribution in [3.05, 3.63) is 93.9 Å². The second kappa shape index (κ2) is 12.0. The molecule has 3 aromatic carbocycles. The van der Waals surface area contributed by atoms with E-state index >= 15 is 0 Å². The van der Waals surface area contributed by atoms with Gasteiger partial charge in [0.15, 0.2) is 5.69 Å². The number of hydrogen-bond donors (Lipinski definition) is 2. The first-order valence-electron chi connectivity index (χ1n) is 12.9. The van der Waals surface area contributed by atoms with Crippen LogP contribution in [0.25, 0.3) is 22.5 Å². The number of likely N-dealkylation sites (N-methyl/N-ethyl adjacent to an activating group) is 1. The average Bonchev–Trinajstić information content (AvgIpc) is 3.24. The molecule has 9 nitrogen and oxygen atoms in total. The van der Waals surface area contributed by atoms with Crippen LogP contribution in [0.15, 0.2) is 60.7 Å². The van der Waals surface area contributed by atoms with E-state index in [1.807, 2.05) is 44.2 Å². The molecule has 40 heavy (non-hydrogen) atoms. The molecule has 4 rings (SSSR count). The van der Waals surface area contributed by atoms with Crippen molar-refractivity contribution in [3.63, 3.8) is 0 Å². The Hall–Kier alpha value is -4.63. The predicted octanol–water partition coefficient (Wildman–Crippen LogP) is 4.89. The van der Waals surface area contributed by atoms with E-state index in [4.69, 9.17) is 9.47 Å². The number of rotatable bonds is 9. The van der Waals surface area contributed by atoms with E-state index in [-0.39, 0.29) is 17.4 Å². The molecule has 0 aliphatic rings. The van der Waals surface area contributed by atoms with Crippen molar-refractivity contribution in [2.24, 2.45) is 0 Å². The van der Waals surface area contributed by atoms with E-state index in [2.05, 4.69) is 10.3 Å². The molecule has 0 saturated carbocycles. The van der Waals surface area contributed by atoms with Crippen LogP contribution in [0.1, 0.15) is 37.7 Å². The number of carbonyl (C=O) groups excluding carboxylic acids is 2. The highest BCUT2D eigenvalue weighted by atomic mass is 16.5. The summed E-state index contributed by atoms with van der Waals surface area (Å²) in [6.07, 6.45) is 0. The van der Waals surface area contributed by atoms with Crippen LogP contribution in [0.5, 0.6) is 5.75 Å². The summed E-state index contributed by atoms with van der Waals surface area (Å²) in [6.45, 7) is 6.59. The van der Waals surface area contributed by atoms with Gasteiger partial charge < -0.3 is 24.9 Å². The Balaban J connectivity index is 1.64. The number of amides is 2. The lowest BCUT2D eigenvalue weighted by molar-refractivity contribution is -0.594. The first kappa shape index (κ1) is 28.4. The average molecular weight is 543 g/mol. The topological polar surface area (TPSA) is 111 Å². The van der Waals surface area contributed by atoms with Gasteiger partial charge in [0.05, 0.1) is 19.3 Å². The molecule has 9 heteroatoms. The normalized spacial score (nSPS) is 10.8. The van der Waals surface area contributed by atoms with Gasteiger partial charge in [-0.2, -0.15) is 0 Å². The molecule has 2 N–H and O–H groups in total. The number of hydrogen-bond acceptors (Lipinski definition) is 5.